The number of allylic oxidation sites excluding steroid dienone is 1. The smallest absolute Gasteiger partial charge is 0.272 e. The maximum absolute atomic E-state index is 11.7. The van der Waals surface area contributed by atoms with Gasteiger partial charge in [0.2, 0.25) is 5.91 Å². The van der Waals surface area contributed by atoms with E-state index in [0.717, 1.165) is 5.56 Å². The van der Waals surface area contributed by atoms with Gasteiger partial charge in [0.05, 0.1) is 5.92 Å². The maximum atomic E-state index is 11.7. The van der Waals surface area contributed by atoms with Gasteiger partial charge in [0.1, 0.15) is 5.71 Å². The van der Waals surface area contributed by atoms with Gasteiger partial charge in [0.25, 0.3) is 5.91 Å². The van der Waals surface area contributed by atoms with E-state index < -0.39 is 11.8 Å². The van der Waals surface area contributed by atoms with Crippen LogP contribution in [0.5, 0.6) is 0 Å². The summed E-state index contributed by atoms with van der Waals surface area (Å²) in [7, 11) is 0. The third kappa shape index (κ3) is 3.38. The van der Waals surface area contributed by atoms with E-state index in [1.54, 1.807) is 13.0 Å². The SMILES string of the molecule is C[C@@H]1C(=O)NN=C1C(=O)N/N=C/C=C/c1ccccc1. The normalized spacial score (nSPS) is 18.4. The van der Waals surface area contributed by atoms with Crippen molar-refractivity contribution in [2.45, 2.75) is 6.92 Å². The fourth-order valence-electron chi connectivity index (χ4n) is 1.60. The van der Waals surface area contributed by atoms with Crippen molar-refractivity contribution in [2.24, 2.45) is 16.1 Å². The molecule has 0 saturated carbocycles. The first-order valence-corrected chi connectivity index (χ1v) is 6.11. The van der Waals surface area contributed by atoms with E-state index >= 15 is 0 Å². The van der Waals surface area contributed by atoms with Crippen LogP contribution in [-0.4, -0.2) is 23.7 Å². The molecule has 2 N–H and O–H groups in total. The van der Waals surface area contributed by atoms with Gasteiger partial charge < -0.3 is 0 Å². The van der Waals surface area contributed by atoms with Crippen molar-refractivity contribution in [3.05, 3.63) is 42.0 Å². The van der Waals surface area contributed by atoms with Crippen LogP contribution in [0.2, 0.25) is 0 Å². The van der Waals surface area contributed by atoms with Crippen molar-refractivity contribution in [3.63, 3.8) is 0 Å². The van der Waals surface area contributed by atoms with Crippen LogP contribution < -0.4 is 10.9 Å². The lowest BCUT2D eigenvalue weighted by Crippen LogP contribution is -2.32. The second-order valence-electron chi connectivity index (χ2n) is 4.18. The fraction of sp³-hybridized carbons (Fsp3) is 0.143. The average Bonchev–Trinajstić information content (AvgIpc) is 2.80. The molecule has 0 fully saturated rings. The van der Waals surface area contributed by atoms with Crippen molar-refractivity contribution in [2.75, 3.05) is 0 Å². The summed E-state index contributed by atoms with van der Waals surface area (Å²) >= 11 is 0. The maximum Gasteiger partial charge on any atom is 0.288 e. The summed E-state index contributed by atoms with van der Waals surface area (Å²) < 4.78 is 0. The molecular weight excluding hydrogens is 256 g/mol. The number of rotatable bonds is 4. The molecule has 0 bridgehead atoms. The zero-order chi connectivity index (χ0) is 14.4. The molecule has 1 atom stereocenters. The highest BCUT2D eigenvalue weighted by Crippen LogP contribution is 2.05. The molecule has 0 radical (unpaired) electrons. The van der Waals surface area contributed by atoms with Crippen molar-refractivity contribution in [1.29, 1.82) is 0 Å². The monoisotopic (exact) mass is 270 g/mol. The first-order chi connectivity index (χ1) is 9.68. The predicted molar refractivity (Wildman–Crippen MR) is 76.9 cm³/mol. The number of carbonyl (C=O) groups is 2. The Morgan fingerprint density at radius 1 is 1.40 bits per heavy atom. The Balaban J connectivity index is 1.84. The number of hydrogen-bond donors (Lipinski definition) is 2. The highest BCUT2D eigenvalue weighted by atomic mass is 16.2. The van der Waals surface area contributed by atoms with Crippen molar-refractivity contribution >= 4 is 29.8 Å². The summed E-state index contributed by atoms with van der Waals surface area (Å²) in [6, 6.07) is 9.71. The van der Waals surface area contributed by atoms with Crippen LogP contribution in [0.25, 0.3) is 6.08 Å². The van der Waals surface area contributed by atoms with Crippen LogP contribution in [0.4, 0.5) is 0 Å². The molecule has 2 amide bonds. The number of amides is 2. The highest BCUT2D eigenvalue weighted by Gasteiger charge is 2.30. The number of nitrogens with one attached hydrogen (secondary N) is 2. The molecule has 6 heteroatoms. The summed E-state index contributed by atoms with van der Waals surface area (Å²) in [6.07, 6.45) is 5.02. The van der Waals surface area contributed by atoms with Crippen molar-refractivity contribution in [3.8, 4) is 0 Å². The van der Waals surface area contributed by atoms with Crippen LogP contribution in [0.3, 0.4) is 0 Å². The molecule has 20 heavy (non-hydrogen) atoms. The molecular formula is C14H14N4O2. The van der Waals surface area contributed by atoms with E-state index in [1.807, 2.05) is 36.4 Å². The minimum Gasteiger partial charge on any atom is -0.272 e. The second kappa shape index (κ2) is 6.42. The first-order valence-electron chi connectivity index (χ1n) is 6.11. The van der Waals surface area contributed by atoms with Gasteiger partial charge in [-0.1, -0.05) is 36.4 Å². The number of hydrazone groups is 2. The van der Waals surface area contributed by atoms with Gasteiger partial charge in [-0.3, -0.25) is 9.59 Å². The quantitative estimate of drug-likeness (QED) is 0.630. The zero-order valence-electron chi connectivity index (χ0n) is 10.9. The third-order valence-electron chi connectivity index (χ3n) is 2.74. The molecule has 6 nitrogen and oxygen atoms in total. The minimum atomic E-state index is -0.551. The molecule has 1 aromatic rings. The minimum absolute atomic E-state index is 0.138. The second-order valence-corrected chi connectivity index (χ2v) is 4.18. The molecule has 1 aromatic carbocycles. The number of benzene rings is 1. The van der Waals surface area contributed by atoms with Gasteiger partial charge in [0.15, 0.2) is 0 Å². The summed E-state index contributed by atoms with van der Waals surface area (Å²) in [5.41, 5.74) is 5.74. The topological polar surface area (TPSA) is 82.9 Å². The molecule has 1 heterocycles. The molecule has 0 unspecified atom stereocenters. The Labute approximate surface area is 116 Å². The van der Waals surface area contributed by atoms with Gasteiger partial charge >= 0.3 is 0 Å². The summed E-state index contributed by atoms with van der Waals surface area (Å²) in [5, 5.41) is 7.42. The summed E-state index contributed by atoms with van der Waals surface area (Å²) in [4.78, 5) is 22.8. The van der Waals surface area contributed by atoms with Gasteiger partial charge in [-0.2, -0.15) is 10.2 Å². The fourth-order valence-corrected chi connectivity index (χ4v) is 1.60. The molecule has 1 aliphatic rings. The Morgan fingerprint density at radius 2 is 2.15 bits per heavy atom. The molecule has 102 valence electrons. The van der Waals surface area contributed by atoms with Gasteiger partial charge in [-0.05, 0) is 18.6 Å². The van der Waals surface area contributed by atoms with E-state index in [1.165, 1.54) is 6.21 Å². The Kier molecular flexibility index (Phi) is 4.39. The zero-order valence-corrected chi connectivity index (χ0v) is 10.9. The summed E-state index contributed by atoms with van der Waals surface area (Å²) in [5.74, 6) is -1.33. The Bertz CT molecular complexity index is 590. The average molecular weight is 270 g/mol. The van der Waals surface area contributed by atoms with E-state index in [0.29, 0.717) is 0 Å². The Morgan fingerprint density at radius 3 is 2.80 bits per heavy atom. The predicted octanol–water partition coefficient (Wildman–Crippen LogP) is 0.924. The van der Waals surface area contributed by atoms with Crippen LogP contribution >= 0.6 is 0 Å². The largest absolute Gasteiger partial charge is 0.288 e. The first kappa shape index (κ1) is 13.7. The van der Waals surface area contributed by atoms with Gasteiger partial charge in [0, 0.05) is 6.21 Å². The molecule has 2 rings (SSSR count). The third-order valence-corrected chi connectivity index (χ3v) is 2.74. The van der Waals surface area contributed by atoms with Crippen LogP contribution in [-0.2, 0) is 9.59 Å². The number of carbonyl (C=O) groups excluding carboxylic acids is 2. The van der Waals surface area contributed by atoms with Gasteiger partial charge in [-0.25, -0.2) is 10.9 Å². The highest BCUT2D eigenvalue weighted by molar-refractivity contribution is 6.44. The van der Waals surface area contributed by atoms with E-state index in [-0.39, 0.29) is 11.6 Å². The lowest BCUT2D eigenvalue weighted by atomic mass is 10.1. The van der Waals surface area contributed by atoms with E-state index in [9.17, 15) is 9.59 Å². The summed E-state index contributed by atoms with van der Waals surface area (Å²) in [6.45, 7) is 1.61. The molecule has 0 aliphatic carbocycles. The van der Waals surface area contributed by atoms with Crippen molar-refractivity contribution in [1.82, 2.24) is 10.9 Å². The standard InChI is InChI=1S/C14H14N4O2/c1-10-12(16-18-13(10)19)14(20)17-15-9-5-8-11-6-3-2-4-7-11/h2-10H,1H3,(H,17,20)(H,18,19)/b8-5+,15-9+/t10-/m0/s1. The lowest BCUT2D eigenvalue weighted by Gasteiger charge is -2.01. The molecule has 1 aliphatic heterocycles. The molecule has 0 spiro atoms. The Hall–Kier alpha value is -2.76. The van der Waals surface area contributed by atoms with Gasteiger partial charge in [-0.15, -0.1) is 0 Å². The molecule has 0 aromatic heterocycles. The van der Waals surface area contributed by atoms with Crippen molar-refractivity contribution < 1.29 is 9.59 Å². The van der Waals surface area contributed by atoms with Crippen LogP contribution in [0.15, 0.2) is 46.6 Å². The van der Waals surface area contributed by atoms with Crippen LogP contribution in [0, 0.1) is 5.92 Å². The number of nitrogens with zero attached hydrogens (tertiary/aromatic N) is 2. The number of hydrogen-bond acceptors (Lipinski definition) is 4. The lowest BCUT2D eigenvalue weighted by molar-refractivity contribution is -0.122. The van der Waals surface area contributed by atoms with E-state index in [4.69, 9.17) is 0 Å². The van der Waals surface area contributed by atoms with Crippen LogP contribution in [0.1, 0.15) is 12.5 Å². The van der Waals surface area contributed by atoms with E-state index in [2.05, 4.69) is 21.1 Å². The molecule has 0 saturated heterocycles.